The molecule has 25 heavy (non-hydrogen) atoms. The van der Waals surface area contributed by atoms with Gasteiger partial charge in [-0.2, -0.15) is 0 Å². The van der Waals surface area contributed by atoms with Gasteiger partial charge in [-0.25, -0.2) is 0 Å². The standard InChI is InChI=1S/C20H30ClN3O/c1-15(2)23-11-13-24(14-12-23)20(25)16-3-7-18(8-4-16)22-19-9-5-17(21)6-10-19/h5-6,9-10,15-16,18,22H,3-4,7-8,11-14H2,1-2H3. The molecule has 0 radical (unpaired) electrons. The molecular formula is C20H30ClN3O. The van der Waals surface area contributed by atoms with Crippen LogP contribution in [0, 0.1) is 5.92 Å². The molecule has 1 aromatic carbocycles. The van der Waals surface area contributed by atoms with Gasteiger partial charge in [-0.15, -0.1) is 0 Å². The molecule has 0 aromatic heterocycles. The van der Waals surface area contributed by atoms with Crippen molar-refractivity contribution in [3.05, 3.63) is 29.3 Å². The highest BCUT2D eigenvalue weighted by Gasteiger charge is 2.31. The number of piperazine rings is 1. The highest BCUT2D eigenvalue weighted by atomic mass is 35.5. The van der Waals surface area contributed by atoms with Crippen LogP contribution in [0.2, 0.25) is 5.02 Å². The van der Waals surface area contributed by atoms with E-state index in [9.17, 15) is 4.79 Å². The van der Waals surface area contributed by atoms with Crippen LogP contribution < -0.4 is 5.32 Å². The van der Waals surface area contributed by atoms with Crippen LogP contribution in [0.4, 0.5) is 5.69 Å². The number of halogens is 1. The lowest BCUT2D eigenvalue weighted by Crippen LogP contribution is -2.52. The first-order valence-corrected chi connectivity index (χ1v) is 9.95. The molecule has 0 spiro atoms. The summed E-state index contributed by atoms with van der Waals surface area (Å²) < 4.78 is 0. The number of hydrogen-bond acceptors (Lipinski definition) is 3. The minimum Gasteiger partial charge on any atom is -0.382 e. The maximum Gasteiger partial charge on any atom is 0.225 e. The molecule has 4 nitrogen and oxygen atoms in total. The Labute approximate surface area is 156 Å². The van der Waals surface area contributed by atoms with Gasteiger partial charge >= 0.3 is 0 Å². The van der Waals surface area contributed by atoms with Gasteiger partial charge in [0.2, 0.25) is 5.91 Å². The number of carbonyl (C=O) groups excluding carboxylic acids is 1. The fourth-order valence-corrected chi connectivity index (χ4v) is 4.11. The molecule has 1 amide bonds. The Morgan fingerprint density at radius 3 is 2.20 bits per heavy atom. The van der Waals surface area contributed by atoms with Crippen molar-refractivity contribution in [2.24, 2.45) is 5.92 Å². The molecule has 1 aromatic rings. The Balaban J connectivity index is 1.44. The molecule has 1 aliphatic heterocycles. The summed E-state index contributed by atoms with van der Waals surface area (Å²) in [4.78, 5) is 17.4. The molecule has 0 atom stereocenters. The third kappa shape index (κ3) is 4.89. The van der Waals surface area contributed by atoms with Crippen LogP contribution in [0.5, 0.6) is 0 Å². The van der Waals surface area contributed by atoms with E-state index in [1.54, 1.807) is 0 Å². The highest BCUT2D eigenvalue weighted by molar-refractivity contribution is 6.30. The smallest absolute Gasteiger partial charge is 0.225 e. The zero-order valence-corrected chi connectivity index (χ0v) is 16.1. The summed E-state index contributed by atoms with van der Waals surface area (Å²) in [6.45, 7) is 8.26. The molecule has 1 heterocycles. The first kappa shape index (κ1) is 18.5. The zero-order valence-electron chi connectivity index (χ0n) is 15.4. The lowest BCUT2D eigenvalue weighted by atomic mass is 9.85. The van der Waals surface area contributed by atoms with Crippen molar-refractivity contribution in [2.75, 3.05) is 31.5 Å². The second kappa shape index (κ2) is 8.41. The van der Waals surface area contributed by atoms with E-state index in [0.29, 0.717) is 18.0 Å². The first-order valence-electron chi connectivity index (χ1n) is 9.58. The molecule has 1 N–H and O–H groups in total. The summed E-state index contributed by atoms with van der Waals surface area (Å²) in [5.74, 6) is 0.599. The Hall–Kier alpha value is -1.26. The molecular weight excluding hydrogens is 334 g/mol. The topological polar surface area (TPSA) is 35.6 Å². The van der Waals surface area contributed by atoms with E-state index in [0.717, 1.165) is 62.6 Å². The van der Waals surface area contributed by atoms with Crippen LogP contribution in [0.25, 0.3) is 0 Å². The Morgan fingerprint density at radius 1 is 1.04 bits per heavy atom. The third-order valence-corrected chi connectivity index (χ3v) is 5.90. The summed E-state index contributed by atoms with van der Waals surface area (Å²) in [6.07, 6.45) is 4.11. The molecule has 2 aliphatic rings. The molecule has 0 bridgehead atoms. The van der Waals surface area contributed by atoms with E-state index >= 15 is 0 Å². The Morgan fingerprint density at radius 2 is 1.64 bits per heavy atom. The second-order valence-electron chi connectivity index (χ2n) is 7.65. The number of anilines is 1. The summed E-state index contributed by atoms with van der Waals surface area (Å²) >= 11 is 5.94. The van der Waals surface area contributed by atoms with Crippen LogP contribution in [0.15, 0.2) is 24.3 Å². The second-order valence-corrected chi connectivity index (χ2v) is 8.09. The van der Waals surface area contributed by atoms with E-state index in [-0.39, 0.29) is 5.92 Å². The average molecular weight is 364 g/mol. The van der Waals surface area contributed by atoms with Gasteiger partial charge in [0.25, 0.3) is 0 Å². The number of nitrogens with one attached hydrogen (secondary N) is 1. The van der Waals surface area contributed by atoms with E-state index in [1.807, 2.05) is 24.3 Å². The first-order chi connectivity index (χ1) is 12.0. The van der Waals surface area contributed by atoms with Crippen molar-refractivity contribution < 1.29 is 4.79 Å². The van der Waals surface area contributed by atoms with Crippen LogP contribution in [0.3, 0.4) is 0 Å². The molecule has 5 heteroatoms. The monoisotopic (exact) mass is 363 g/mol. The number of amides is 1. The normalized spacial score (nSPS) is 25.2. The fourth-order valence-electron chi connectivity index (χ4n) is 3.98. The van der Waals surface area contributed by atoms with E-state index in [4.69, 9.17) is 11.6 Å². The van der Waals surface area contributed by atoms with E-state index in [1.165, 1.54) is 0 Å². The fraction of sp³-hybridized carbons (Fsp3) is 0.650. The van der Waals surface area contributed by atoms with Crippen molar-refractivity contribution in [2.45, 2.75) is 51.6 Å². The lowest BCUT2D eigenvalue weighted by molar-refractivity contribution is -0.138. The lowest BCUT2D eigenvalue weighted by Gasteiger charge is -2.39. The predicted molar refractivity (Wildman–Crippen MR) is 104 cm³/mol. The molecule has 2 fully saturated rings. The van der Waals surface area contributed by atoms with Crippen molar-refractivity contribution in [3.63, 3.8) is 0 Å². The third-order valence-electron chi connectivity index (χ3n) is 5.65. The largest absolute Gasteiger partial charge is 0.382 e. The van der Waals surface area contributed by atoms with Crippen LogP contribution >= 0.6 is 11.6 Å². The van der Waals surface area contributed by atoms with Crippen molar-refractivity contribution in [3.8, 4) is 0 Å². The Bertz CT molecular complexity index is 559. The van der Waals surface area contributed by atoms with Gasteiger partial charge in [0, 0.05) is 54.9 Å². The quantitative estimate of drug-likeness (QED) is 0.882. The van der Waals surface area contributed by atoms with Gasteiger partial charge in [0.1, 0.15) is 0 Å². The predicted octanol–water partition coefficient (Wildman–Crippen LogP) is 3.86. The number of nitrogens with zero attached hydrogens (tertiary/aromatic N) is 2. The Kier molecular flexibility index (Phi) is 6.24. The maximum atomic E-state index is 12.8. The van der Waals surface area contributed by atoms with E-state index < -0.39 is 0 Å². The number of hydrogen-bond donors (Lipinski definition) is 1. The van der Waals surface area contributed by atoms with Gasteiger partial charge in [-0.05, 0) is 63.8 Å². The summed E-state index contributed by atoms with van der Waals surface area (Å²) in [6, 6.07) is 8.91. The molecule has 3 rings (SSSR count). The summed E-state index contributed by atoms with van der Waals surface area (Å²) in [7, 11) is 0. The van der Waals surface area contributed by atoms with Gasteiger partial charge < -0.3 is 10.2 Å². The van der Waals surface area contributed by atoms with Crippen molar-refractivity contribution in [1.82, 2.24) is 9.80 Å². The minimum atomic E-state index is 0.217. The van der Waals surface area contributed by atoms with Crippen LogP contribution in [-0.4, -0.2) is 54.0 Å². The van der Waals surface area contributed by atoms with Crippen LogP contribution in [0.1, 0.15) is 39.5 Å². The number of benzene rings is 1. The highest BCUT2D eigenvalue weighted by Crippen LogP contribution is 2.29. The molecule has 0 unspecified atom stereocenters. The minimum absolute atomic E-state index is 0.217. The van der Waals surface area contributed by atoms with Gasteiger partial charge in [-0.3, -0.25) is 9.69 Å². The zero-order chi connectivity index (χ0) is 17.8. The average Bonchev–Trinajstić information content (AvgIpc) is 2.64. The van der Waals surface area contributed by atoms with E-state index in [2.05, 4.69) is 29.0 Å². The van der Waals surface area contributed by atoms with Gasteiger partial charge in [0.05, 0.1) is 0 Å². The molecule has 1 saturated heterocycles. The SMILES string of the molecule is CC(C)N1CCN(C(=O)C2CCC(Nc3ccc(Cl)cc3)CC2)CC1. The van der Waals surface area contributed by atoms with Crippen molar-refractivity contribution >= 4 is 23.2 Å². The number of carbonyl (C=O) groups is 1. The summed E-state index contributed by atoms with van der Waals surface area (Å²) in [5.41, 5.74) is 1.11. The van der Waals surface area contributed by atoms with Crippen molar-refractivity contribution in [1.29, 1.82) is 0 Å². The van der Waals surface area contributed by atoms with Gasteiger partial charge in [-0.1, -0.05) is 11.6 Å². The molecule has 1 aliphatic carbocycles. The number of rotatable bonds is 4. The van der Waals surface area contributed by atoms with Gasteiger partial charge in [0.15, 0.2) is 0 Å². The maximum absolute atomic E-state index is 12.8. The summed E-state index contributed by atoms with van der Waals surface area (Å²) in [5, 5.41) is 4.34. The molecule has 138 valence electrons. The van der Waals surface area contributed by atoms with Crippen LogP contribution in [-0.2, 0) is 4.79 Å². The molecule has 1 saturated carbocycles.